The highest BCUT2D eigenvalue weighted by Crippen LogP contribution is 2.29. The summed E-state index contributed by atoms with van der Waals surface area (Å²) in [4.78, 5) is 28.2. The summed E-state index contributed by atoms with van der Waals surface area (Å²) < 4.78 is 16.8. The number of benzene rings is 3. The summed E-state index contributed by atoms with van der Waals surface area (Å²) in [5.41, 5.74) is 2.57. The first-order valence-electron chi connectivity index (χ1n) is 11.8. The second-order valence-electron chi connectivity index (χ2n) is 8.11. The molecule has 4 rings (SSSR count). The average molecular weight is 499 g/mol. The van der Waals surface area contributed by atoms with Crippen LogP contribution in [0.1, 0.15) is 29.5 Å². The van der Waals surface area contributed by atoms with Crippen molar-refractivity contribution in [3.63, 3.8) is 0 Å². The number of para-hydroxylation sites is 1. The first-order valence-corrected chi connectivity index (χ1v) is 11.8. The minimum Gasteiger partial charge on any atom is -0.493 e. The highest BCUT2D eigenvalue weighted by Gasteiger charge is 2.22. The van der Waals surface area contributed by atoms with Crippen molar-refractivity contribution in [2.75, 3.05) is 13.2 Å². The molecule has 0 bridgehead atoms. The summed E-state index contributed by atoms with van der Waals surface area (Å²) in [6.45, 7) is 4.13. The van der Waals surface area contributed by atoms with Crippen LogP contribution in [0.3, 0.4) is 0 Å². The highest BCUT2D eigenvalue weighted by atomic mass is 16.6. The Bertz CT molecular complexity index is 1410. The van der Waals surface area contributed by atoms with Crippen LogP contribution in [0.25, 0.3) is 23.1 Å². The van der Waals surface area contributed by atoms with Crippen LogP contribution in [0.2, 0.25) is 0 Å². The predicted octanol–water partition coefficient (Wildman–Crippen LogP) is 6.28. The maximum atomic E-state index is 12.6. The third-order valence-corrected chi connectivity index (χ3v) is 5.60. The first kappa shape index (κ1) is 25.4. The van der Waals surface area contributed by atoms with Gasteiger partial charge in [0.15, 0.2) is 0 Å². The topological polar surface area (TPSA) is 105 Å². The molecule has 0 aliphatic heterocycles. The van der Waals surface area contributed by atoms with Crippen LogP contribution < -0.4 is 4.74 Å². The normalized spacial score (nSPS) is 11.2. The molecule has 0 radical (unpaired) electrons. The van der Waals surface area contributed by atoms with Crippen LogP contribution in [0.5, 0.6) is 5.75 Å². The standard InChI is InChI=1S/C29H26N2O6/c1-3-35-29(32)25(24-11-7-8-12-27(24)31(33)34)19-21-13-15-23(16-14-21)36-18-17-26-20(2)37-28(30-26)22-9-5-4-6-10-22/h4-16,19H,3,17-18H2,1-2H3. The first-order chi connectivity index (χ1) is 18.0. The van der Waals surface area contributed by atoms with E-state index in [4.69, 9.17) is 13.9 Å². The van der Waals surface area contributed by atoms with Gasteiger partial charge in [0, 0.05) is 18.1 Å². The molecule has 0 saturated carbocycles. The molecule has 4 aromatic rings. The summed E-state index contributed by atoms with van der Waals surface area (Å²) in [5.74, 6) is 1.35. The van der Waals surface area contributed by atoms with Crippen molar-refractivity contribution < 1.29 is 23.6 Å². The molecule has 0 fully saturated rings. The fraction of sp³-hybridized carbons (Fsp3) is 0.172. The van der Waals surface area contributed by atoms with Gasteiger partial charge in [0.2, 0.25) is 5.89 Å². The Morgan fingerprint density at radius 3 is 2.43 bits per heavy atom. The van der Waals surface area contributed by atoms with E-state index in [2.05, 4.69) is 4.98 Å². The highest BCUT2D eigenvalue weighted by molar-refractivity contribution is 6.22. The van der Waals surface area contributed by atoms with Crippen molar-refractivity contribution >= 4 is 23.3 Å². The van der Waals surface area contributed by atoms with Gasteiger partial charge in [0.05, 0.1) is 35.0 Å². The number of aryl methyl sites for hydroxylation is 1. The molecule has 0 unspecified atom stereocenters. The summed E-state index contributed by atoms with van der Waals surface area (Å²) in [7, 11) is 0. The maximum Gasteiger partial charge on any atom is 0.339 e. The van der Waals surface area contributed by atoms with Crippen molar-refractivity contribution in [2.24, 2.45) is 0 Å². The molecule has 3 aromatic carbocycles. The Morgan fingerprint density at radius 2 is 1.73 bits per heavy atom. The van der Waals surface area contributed by atoms with E-state index >= 15 is 0 Å². The number of oxazole rings is 1. The quantitative estimate of drug-likeness (QED) is 0.0832. The van der Waals surface area contributed by atoms with E-state index < -0.39 is 10.9 Å². The predicted molar refractivity (Wildman–Crippen MR) is 140 cm³/mol. The molecule has 1 heterocycles. The third kappa shape index (κ3) is 6.29. The SMILES string of the molecule is CCOC(=O)C(=Cc1ccc(OCCc2nc(-c3ccccc3)oc2C)cc1)c1ccccc1[N+](=O)[O-]. The maximum absolute atomic E-state index is 12.6. The fourth-order valence-corrected chi connectivity index (χ4v) is 3.77. The molecule has 0 aliphatic carbocycles. The molecule has 0 amide bonds. The van der Waals surface area contributed by atoms with Crippen molar-refractivity contribution in [1.82, 2.24) is 4.98 Å². The lowest BCUT2D eigenvalue weighted by Gasteiger charge is -2.09. The van der Waals surface area contributed by atoms with Crippen LogP contribution in [0, 0.1) is 17.0 Å². The lowest BCUT2D eigenvalue weighted by atomic mass is 10.0. The summed E-state index contributed by atoms with van der Waals surface area (Å²) in [5, 5.41) is 11.5. The zero-order valence-corrected chi connectivity index (χ0v) is 20.5. The molecular formula is C29H26N2O6. The van der Waals surface area contributed by atoms with Gasteiger partial charge in [-0.3, -0.25) is 10.1 Å². The monoisotopic (exact) mass is 498 g/mol. The number of rotatable bonds is 10. The van der Waals surface area contributed by atoms with Crippen molar-refractivity contribution in [1.29, 1.82) is 0 Å². The number of aromatic nitrogens is 1. The summed E-state index contributed by atoms with van der Waals surface area (Å²) in [6, 6.07) is 22.9. The van der Waals surface area contributed by atoms with Crippen LogP contribution in [0.4, 0.5) is 5.69 Å². The van der Waals surface area contributed by atoms with Gasteiger partial charge in [-0.25, -0.2) is 9.78 Å². The van der Waals surface area contributed by atoms with Crippen LogP contribution in [-0.4, -0.2) is 29.1 Å². The van der Waals surface area contributed by atoms with Gasteiger partial charge in [-0.05, 0) is 55.8 Å². The largest absolute Gasteiger partial charge is 0.493 e. The third-order valence-electron chi connectivity index (χ3n) is 5.60. The van der Waals surface area contributed by atoms with Crippen molar-refractivity contribution in [2.45, 2.75) is 20.3 Å². The van der Waals surface area contributed by atoms with E-state index in [9.17, 15) is 14.9 Å². The number of carbonyl (C=O) groups excluding carboxylic acids is 1. The minimum atomic E-state index is -0.630. The number of nitro benzene ring substituents is 1. The lowest BCUT2D eigenvalue weighted by Crippen LogP contribution is -2.08. The summed E-state index contributed by atoms with van der Waals surface area (Å²) in [6.07, 6.45) is 2.16. The fourth-order valence-electron chi connectivity index (χ4n) is 3.77. The lowest BCUT2D eigenvalue weighted by molar-refractivity contribution is -0.385. The molecule has 37 heavy (non-hydrogen) atoms. The molecule has 188 valence electrons. The molecular weight excluding hydrogens is 472 g/mol. The van der Waals surface area contributed by atoms with E-state index in [1.807, 2.05) is 37.3 Å². The number of esters is 1. The number of carbonyl (C=O) groups is 1. The molecule has 8 nitrogen and oxygen atoms in total. The van der Waals surface area contributed by atoms with Gasteiger partial charge in [-0.1, -0.05) is 42.5 Å². The zero-order valence-electron chi connectivity index (χ0n) is 20.5. The van der Waals surface area contributed by atoms with Crippen LogP contribution in [0.15, 0.2) is 83.3 Å². The molecule has 0 spiro atoms. The number of nitro groups is 1. The van der Waals surface area contributed by atoms with Crippen molar-refractivity contribution in [3.8, 4) is 17.2 Å². The van der Waals surface area contributed by atoms with Crippen molar-refractivity contribution in [3.05, 3.63) is 112 Å². The van der Waals surface area contributed by atoms with E-state index in [1.165, 1.54) is 12.1 Å². The number of ether oxygens (including phenoxy) is 2. The van der Waals surface area contributed by atoms with Gasteiger partial charge in [-0.2, -0.15) is 0 Å². The Morgan fingerprint density at radius 1 is 1.03 bits per heavy atom. The van der Waals surface area contributed by atoms with E-state index in [-0.39, 0.29) is 23.4 Å². The van der Waals surface area contributed by atoms with Crippen LogP contribution >= 0.6 is 0 Å². The number of hydrogen-bond donors (Lipinski definition) is 0. The second kappa shape index (κ2) is 11.8. The molecule has 8 heteroatoms. The van der Waals surface area contributed by atoms with Gasteiger partial charge in [0.1, 0.15) is 11.5 Å². The van der Waals surface area contributed by atoms with Gasteiger partial charge in [-0.15, -0.1) is 0 Å². The number of hydrogen-bond acceptors (Lipinski definition) is 7. The molecule has 0 atom stereocenters. The minimum absolute atomic E-state index is 0.110. The second-order valence-corrected chi connectivity index (χ2v) is 8.11. The van der Waals surface area contributed by atoms with Gasteiger partial charge in [0.25, 0.3) is 5.69 Å². The average Bonchev–Trinajstić information content (AvgIpc) is 3.29. The smallest absolute Gasteiger partial charge is 0.339 e. The van der Waals surface area contributed by atoms with E-state index in [0.29, 0.717) is 30.2 Å². The van der Waals surface area contributed by atoms with Gasteiger partial charge < -0.3 is 13.9 Å². The zero-order chi connectivity index (χ0) is 26.2. The van der Waals surface area contributed by atoms with Gasteiger partial charge >= 0.3 is 5.97 Å². The number of nitrogens with zero attached hydrogens (tertiary/aromatic N) is 2. The summed E-state index contributed by atoms with van der Waals surface area (Å²) >= 11 is 0. The molecule has 1 aromatic heterocycles. The van der Waals surface area contributed by atoms with E-state index in [1.54, 1.807) is 49.4 Å². The molecule has 0 aliphatic rings. The Hall–Kier alpha value is -4.72. The molecule has 0 saturated heterocycles. The Labute approximate surface area is 214 Å². The van der Waals surface area contributed by atoms with E-state index in [0.717, 1.165) is 17.0 Å². The molecule has 0 N–H and O–H groups in total. The van der Waals surface area contributed by atoms with Crippen LogP contribution in [-0.2, 0) is 16.0 Å². The Kier molecular flexibility index (Phi) is 8.10. The Balaban J connectivity index is 1.46.